The maximum Gasteiger partial charge on any atom is -0.00179 e. The zero-order valence-electron chi connectivity index (χ0n) is 11.7. The van der Waals surface area contributed by atoms with E-state index in [-0.39, 0.29) is 0 Å². The lowest BCUT2D eigenvalue weighted by molar-refractivity contribution is -0.125. The van der Waals surface area contributed by atoms with Crippen molar-refractivity contribution in [3.05, 3.63) is 0 Å². The zero-order valence-corrected chi connectivity index (χ0v) is 11.7. The summed E-state index contributed by atoms with van der Waals surface area (Å²) in [7, 11) is 0. The molecule has 4 aliphatic carbocycles. The highest BCUT2D eigenvalue weighted by Crippen LogP contribution is 2.66. The second-order valence-corrected chi connectivity index (χ2v) is 7.71. The van der Waals surface area contributed by atoms with Crippen LogP contribution >= 0.6 is 0 Å². The van der Waals surface area contributed by atoms with Crippen LogP contribution < -0.4 is 5.73 Å². The van der Waals surface area contributed by atoms with Gasteiger partial charge in [0.1, 0.15) is 0 Å². The number of nitrogens with two attached hydrogens (primary N) is 1. The molecule has 0 aliphatic heterocycles. The van der Waals surface area contributed by atoms with Crippen molar-refractivity contribution in [3.8, 4) is 0 Å². The number of rotatable bonds is 4. The van der Waals surface area contributed by atoms with Gasteiger partial charge in [0.05, 0.1) is 0 Å². The van der Waals surface area contributed by atoms with Gasteiger partial charge in [0.25, 0.3) is 0 Å². The average molecular weight is 235 g/mol. The summed E-state index contributed by atoms with van der Waals surface area (Å²) in [6.45, 7) is 5.74. The molecule has 0 saturated heterocycles. The molecule has 0 aromatic heterocycles. The van der Waals surface area contributed by atoms with Crippen molar-refractivity contribution in [2.75, 3.05) is 6.54 Å². The molecular weight excluding hydrogens is 206 g/mol. The van der Waals surface area contributed by atoms with Crippen LogP contribution in [-0.2, 0) is 0 Å². The van der Waals surface area contributed by atoms with Gasteiger partial charge < -0.3 is 5.73 Å². The van der Waals surface area contributed by atoms with Crippen molar-refractivity contribution in [3.63, 3.8) is 0 Å². The molecule has 98 valence electrons. The van der Waals surface area contributed by atoms with E-state index in [1.54, 1.807) is 19.3 Å². The first-order valence-corrected chi connectivity index (χ1v) is 7.81. The summed E-state index contributed by atoms with van der Waals surface area (Å²) in [6.07, 6.45) is 11.8. The van der Waals surface area contributed by atoms with E-state index in [2.05, 4.69) is 13.8 Å². The minimum atomic E-state index is 0.428. The molecule has 0 radical (unpaired) electrons. The molecule has 0 heterocycles. The van der Waals surface area contributed by atoms with Gasteiger partial charge in [0.2, 0.25) is 0 Å². The summed E-state index contributed by atoms with van der Waals surface area (Å²) >= 11 is 0. The number of hydrogen-bond donors (Lipinski definition) is 1. The van der Waals surface area contributed by atoms with Gasteiger partial charge in [-0.05, 0) is 80.1 Å². The Morgan fingerprint density at radius 1 is 1.06 bits per heavy atom. The molecule has 4 bridgehead atoms. The Labute approximate surface area is 107 Å². The van der Waals surface area contributed by atoms with Crippen LogP contribution in [0.5, 0.6) is 0 Å². The molecule has 4 fully saturated rings. The highest BCUT2D eigenvalue weighted by atomic mass is 14.7. The molecule has 4 saturated carbocycles. The molecule has 0 amide bonds. The Bertz CT molecular complexity index is 261. The Morgan fingerprint density at radius 2 is 1.53 bits per heavy atom. The second-order valence-electron chi connectivity index (χ2n) is 7.71. The lowest BCUT2D eigenvalue weighted by Crippen LogP contribution is -2.56. The Morgan fingerprint density at radius 3 is 1.88 bits per heavy atom. The van der Waals surface area contributed by atoms with Crippen molar-refractivity contribution in [2.45, 2.75) is 65.2 Å². The summed E-state index contributed by atoms with van der Waals surface area (Å²) in [4.78, 5) is 0. The van der Waals surface area contributed by atoms with Crippen LogP contribution in [0.4, 0.5) is 0 Å². The van der Waals surface area contributed by atoms with Crippen LogP contribution in [0.1, 0.15) is 65.2 Å². The topological polar surface area (TPSA) is 26.0 Å². The van der Waals surface area contributed by atoms with E-state index >= 15 is 0 Å². The molecule has 2 N–H and O–H groups in total. The lowest BCUT2D eigenvalue weighted by Gasteiger charge is -2.63. The molecule has 4 aliphatic rings. The molecule has 1 atom stereocenters. The molecule has 0 aromatic carbocycles. The Balaban J connectivity index is 1.90. The SMILES string of the molecule is CCCC(C)(CN)C12CC3CC(CC(C3)C1)C2. The first kappa shape index (κ1) is 12.0. The summed E-state index contributed by atoms with van der Waals surface area (Å²) < 4.78 is 0. The van der Waals surface area contributed by atoms with Gasteiger partial charge in [0, 0.05) is 0 Å². The highest BCUT2D eigenvalue weighted by molar-refractivity contribution is 5.08. The molecule has 1 nitrogen and oxygen atoms in total. The second kappa shape index (κ2) is 3.98. The van der Waals surface area contributed by atoms with Crippen LogP contribution in [0.3, 0.4) is 0 Å². The van der Waals surface area contributed by atoms with E-state index in [1.807, 2.05) is 0 Å². The maximum absolute atomic E-state index is 6.21. The molecular formula is C16H29N. The van der Waals surface area contributed by atoms with Gasteiger partial charge in [-0.3, -0.25) is 0 Å². The fourth-order valence-corrected chi connectivity index (χ4v) is 5.99. The molecule has 1 heteroatoms. The first-order valence-electron chi connectivity index (χ1n) is 7.81. The minimum Gasteiger partial charge on any atom is -0.330 e. The smallest absolute Gasteiger partial charge is 0.00179 e. The quantitative estimate of drug-likeness (QED) is 0.784. The van der Waals surface area contributed by atoms with Crippen LogP contribution in [-0.4, -0.2) is 6.54 Å². The van der Waals surface area contributed by atoms with E-state index < -0.39 is 0 Å². The predicted octanol–water partition coefficient (Wildman–Crippen LogP) is 3.97. The maximum atomic E-state index is 6.21. The standard InChI is InChI=1S/C16H29N/c1-3-4-15(2,11-17)16-8-12-5-13(9-16)7-14(6-12)10-16/h12-14H,3-11,17H2,1-2H3. The monoisotopic (exact) mass is 235 g/mol. The third kappa shape index (κ3) is 1.69. The molecule has 0 aromatic rings. The van der Waals surface area contributed by atoms with E-state index in [1.165, 1.54) is 32.1 Å². The fourth-order valence-electron chi connectivity index (χ4n) is 5.99. The predicted molar refractivity (Wildman–Crippen MR) is 72.7 cm³/mol. The lowest BCUT2D eigenvalue weighted by atomic mass is 9.42. The van der Waals surface area contributed by atoms with Crippen LogP contribution in [0.15, 0.2) is 0 Å². The van der Waals surface area contributed by atoms with Crippen molar-refractivity contribution < 1.29 is 0 Å². The largest absolute Gasteiger partial charge is 0.330 e. The zero-order chi connectivity index (χ0) is 12.1. The van der Waals surface area contributed by atoms with Crippen molar-refractivity contribution in [1.82, 2.24) is 0 Å². The molecule has 17 heavy (non-hydrogen) atoms. The molecule has 0 spiro atoms. The molecule has 4 rings (SSSR count). The van der Waals surface area contributed by atoms with Crippen molar-refractivity contribution >= 4 is 0 Å². The van der Waals surface area contributed by atoms with Crippen LogP contribution in [0, 0.1) is 28.6 Å². The normalized spacial score (nSPS) is 47.1. The molecule has 1 unspecified atom stereocenters. The summed E-state index contributed by atoms with van der Waals surface area (Å²) in [5, 5.41) is 0. The Kier molecular flexibility index (Phi) is 2.81. The third-order valence-electron chi connectivity index (χ3n) is 6.57. The van der Waals surface area contributed by atoms with Gasteiger partial charge in [-0.25, -0.2) is 0 Å². The van der Waals surface area contributed by atoms with Gasteiger partial charge >= 0.3 is 0 Å². The summed E-state index contributed by atoms with van der Waals surface area (Å²) in [5.74, 6) is 3.18. The average Bonchev–Trinajstić information content (AvgIpc) is 2.27. The van der Waals surface area contributed by atoms with E-state index in [4.69, 9.17) is 5.73 Å². The minimum absolute atomic E-state index is 0.428. The summed E-state index contributed by atoms with van der Waals surface area (Å²) in [6, 6.07) is 0. The van der Waals surface area contributed by atoms with Crippen molar-refractivity contribution in [1.29, 1.82) is 0 Å². The van der Waals surface area contributed by atoms with Crippen LogP contribution in [0.2, 0.25) is 0 Å². The highest BCUT2D eigenvalue weighted by Gasteiger charge is 2.57. The van der Waals surface area contributed by atoms with Gasteiger partial charge in [-0.15, -0.1) is 0 Å². The van der Waals surface area contributed by atoms with Gasteiger partial charge in [-0.1, -0.05) is 20.3 Å². The summed E-state index contributed by atoms with van der Waals surface area (Å²) in [5.41, 5.74) is 7.27. The van der Waals surface area contributed by atoms with Crippen molar-refractivity contribution in [2.24, 2.45) is 34.3 Å². The van der Waals surface area contributed by atoms with Gasteiger partial charge in [0.15, 0.2) is 0 Å². The van der Waals surface area contributed by atoms with Gasteiger partial charge in [-0.2, -0.15) is 0 Å². The van der Waals surface area contributed by atoms with E-state index in [0.717, 1.165) is 24.3 Å². The third-order valence-corrected chi connectivity index (χ3v) is 6.57. The fraction of sp³-hybridized carbons (Fsp3) is 1.00. The first-order chi connectivity index (χ1) is 8.11. The van der Waals surface area contributed by atoms with E-state index in [0.29, 0.717) is 10.8 Å². The van der Waals surface area contributed by atoms with Crippen LogP contribution in [0.25, 0.3) is 0 Å². The Hall–Kier alpha value is -0.0400. The van der Waals surface area contributed by atoms with E-state index in [9.17, 15) is 0 Å². The number of hydrogen-bond acceptors (Lipinski definition) is 1.